The molecule has 0 saturated heterocycles. The fourth-order valence-electron chi connectivity index (χ4n) is 1.62. The molecule has 0 saturated carbocycles. The van der Waals surface area contributed by atoms with Gasteiger partial charge in [0, 0.05) is 11.8 Å². The van der Waals surface area contributed by atoms with Crippen molar-refractivity contribution >= 4 is 17.7 Å². The lowest BCUT2D eigenvalue weighted by atomic mass is 10.00. The number of carbonyl (C=O) groups is 1. The van der Waals surface area contributed by atoms with Crippen LogP contribution in [-0.4, -0.2) is 12.0 Å². The van der Waals surface area contributed by atoms with E-state index in [1.807, 2.05) is 42.5 Å². The van der Waals surface area contributed by atoms with Crippen molar-refractivity contribution in [2.24, 2.45) is 10.9 Å². The molecule has 0 bridgehead atoms. The maximum absolute atomic E-state index is 12.1. The van der Waals surface area contributed by atoms with Crippen LogP contribution in [0.25, 0.3) is 0 Å². The van der Waals surface area contributed by atoms with Crippen LogP contribution in [-0.2, 0) is 0 Å². The Morgan fingerprint density at radius 1 is 1.05 bits per heavy atom. The summed E-state index contributed by atoms with van der Waals surface area (Å²) in [5.74, 6) is -1.09. The molecule has 0 heterocycles. The lowest BCUT2D eigenvalue weighted by Gasteiger charge is -2.02. The third-order valence-electron chi connectivity index (χ3n) is 2.61. The lowest BCUT2D eigenvalue weighted by molar-refractivity contribution is 0.0976. The zero-order chi connectivity index (χ0) is 13.5. The number of rotatable bonds is 4. The first-order valence-corrected chi connectivity index (χ1v) is 5.89. The number of nitrogens with zero attached hydrogens (tertiary/aromatic N) is 2. The van der Waals surface area contributed by atoms with Crippen LogP contribution in [0.5, 0.6) is 0 Å². The number of Topliss-reactive ketones (excluding diaryl/α,β-unsaturated/α-hetero) is 1. The first-order valence-electron chi connectivity index (χ1n) is 5.89. The zero-order valence-electron chi connectivity index (χ0n) is 10.2. The summed E-state index contributed by atoms with van der Waals surface area (Å²) in [5, 5.41) is 9.07. The average Bonchev–Trinajstić information content (AvgIpc) is 2.49. The molecule has 92 valence electrons. The molecule has 0 aliphatic carbocycles. The quantitative estimate of drug-likeness (QED) is 0.615. The van der Waals surface area contributed by atoms with Gasteiger partial charge in [-0.1, -0.05) is 48.5 Å². The van der Waals surface area contributed by atoms with Gasteiger partial charge in [-0.15, -0.1) is 0 Å². The van der Waals surface area contributed by atoms with Crippen molar-refractivity contribution in [2.75, 3.05) is 0 Å². The number of aliphatic imine (C=N–C) groups is 1. The van der Waals surface area contributed by atoms with Crippen molar-refractivity contribution in [2.45, 2.75) is 0 Å². The molecule has 0 aliphatic heterocycles. The molecular formula is C16H12N2O. The molecule has 2 aromatic carbocycles. The van der Waals surface area contributed by atoms with Crippen LogP contribution in [0, 0.1) is 17.2 Å². The van der Waals surface area contributed by atoms with Gasteiger partial charge in [0.15, 0.2) is 5.78 Å². The van der Waals surface area contributed by atoms with Crippen LogP contribution in [0.3, 0.4) is 0 Å². The number of ketones is 1. The normalized spacial score (nSPS) is 11.9. The van der Waals surface area contributed by atoms with E-state index >= 15 is 0 Å². The predicted molar refractivity (Wildman–Crippen MR) is 74.5 cm³/mol. The van der Waals surface area contributed by atoms with E-state index in [0.29, 0.717) is 5.56 Å². The van der Waals surface area contributed by atoms with Gasteiger partial charge in [-0.25, -0.2) is 0 Å². The molecule has 1 unspecified atom stereocenters. The van der Waals surface area contributed by atoms with E-state index in [2.05, 4.69) is 4.99 Å². The topological polar surface area (TPSA) is 53.2 Å². The monoisotopic (exact) mass is 248 g/mol. The average molecular weight is 248 g/mol. The zero-order valence-corrected chi connectivity index (χ0v) is 10.2. The van der Waals surface area contributed by atoms with Crippen LogP contribution < -0.4 is 0 Å². The summed E-state index contributed by atoms with van der Waals surface area (Å²) >= 11 is 0. The Balaban J connectivity index is 2.16. The van der Waals surface area contributed by atoms with Gasteiger partial charge < -0.3 is 0 Å². The number of benzene rings is 2. The van der Waals surface area contributed by atoms with E-state index in [0.717, 1.165) is 5.69 Å². The van der Waals surface area contributed by atoms with Crippen molar-refractivity contribution in [3.63, 3.8) is 0 Å². The van der Waals surface area contributed by atoms with E-state index < -0.39 is 5.92 Å². The van der Waals surface area contributed by atoms with E-state index in [4.69, 9.17) is 5.26 Å². The summed E-state index contributed by atoms with van der Waals surface area (Å²) in [6.45, 7) is 0. The molecule has 0 spiro atoms. The highest BCUT2D eigenvalue weighted by Crippen LogP contribution is 2.12. The molecule has 0 aliphatic rings. The van der Waals surface area contributed by atoms with Crippen LogP contribution in [0.4, 0.5) is 5.69 Å². The summed E-state index contributed by atoms with van der Waals surface area (Å²) in [5.41, 5.74) is 1.25. The van der Waals surface area contributed by atoms with Gasteiger partial charge in [0.05, 0.1) is 11.8 Å². The summed E-state index contributed by atoms with van der Waals surface area (Å²) < 4.78 is 0. The highest BCUT2D eigenvalue weighted by Gasteiger charge is 2.16. The standard InChI is InChI=1S/C16H12N2O/c17-11-14(12-18-15-9-5-2-6-10-15)16(19)13-7-3-1-4-8-13/h1-10,12,14H. The predicted octanol–water partition coefficient (Wildman–Crippen LogP) is 3.41. The van der Waals surface area contributed by atoms with Crippen LogP contribution in [0.1, 0.15) is 10.4 Å². The Kier molecular flexibility index (Phi) is 4.20. The van der Waals surface area contributed by atoms with Crippen molar-refractivity contribution in [1.82, 2.24) is 0 Å². The van der Waals surface area contributed by atoms with Gasteiger partial charge in [-0.3, -0.25) is 9.79 Å². The maximum Gasteiger partial charge on any atom is 0.185 e. The van der Waals surface area contributed by atoms with Gasteiger partial charge in [0.2, 0.25) is 0 Å². The van der Waals surface area contributed by atoms with E-state index in [-0.39, 0.29) is 5.78 Å². The molecule has 0 fully saturated rings. The third-order valence-corrected chi connectivity index (χ3v) is 2.61. The number of hydrogen-bond donors (Lipinski definition) is 0. The highest BCUT2D eigenvalue weighted by atomic mass is 16.1. The first-order chi connectivity index (χ1) is 9.31. The SMILES string of the molecule is N#CC(C=Nc1ccccc1)C(=O)c1ccccc1. The largest absolute Gasteiger partial charge is 0.292 e. The van der Waals surface area contributed by atoms with E-state index in [9.17, 15) is 4.79 Å². The van der Waals surface area contributed by atoms with Crippen LogP contribution in [0.15, 0.2) is 65.7 Å². The first kappa shape index (κ1) is 12.7. The summed E-state index contributed by atoms with van der Waals surface area (Å²) in [6.07, 6.45) is 1.39. The second-order valence-corrected chi connectivity index (χ2v) is 3.95. The Bertz CT molecular complexity index is 612. The molecule has 2 aromatic rings. The Hall–Kier alpha value is -2.73. The van der Waals surface area contributed by atoms with Crippen molar-refractivity contribution in [3.05, 3.63) is 66.2 Å². The molecule has 3 nitrogen and oxygen atoms in total. The lowest BCUT2D eigenvalue weighted by Crippen LogP contribution is -2.14. The Morgan fingerprint density at radius 2 is 1.63 bits per heavy atom. The molecule has 0 radical (unpaired) electrons. The number of para-hydroxylation sites is 1. The van der Waals surface area contributed by atoms with Gasteiger partial charge in [0.1, 0.15) is 5.92 Å². The minimum Gasteiger partial charge on any atom is -0.292 e. The number of hydrogen-bond acceptors (Lipinski definition) is 3. The molecular weight excluding hydrogens is 236 g/mol. The summed E-state index contributed by atoms with van der Waals surface area (Å²) in [4.78, 5) is 16.2. The highest BCUT2D eigenvalue weighted by molar-refractivity contribution is 6.08. The van der Waals surface area contributed by atoms with Gasteiger partial charge >= 0.3 is 0 Å². The summed E-state index contributed by atoms with van der Waals surface area (Å²) in [7, 11) is 0. The van der Waals surface area contributed by atoms with Gasteiger partial charge in [0.25, 0.3) is 0 Å². The Labute approximate surface area is 111 Å². The summed E-state index contributed by atoms with van der Waals surface area (Å²) in [6, 6.07) is 20.0. The van der Waals surface area contributed by atoms with E-state index in [1.165, 1.54) is 6.21 Å². The molecule has 0 N–H and O–H groups in total. The maximum atomic E-state index is 12.1. The molecule has 3 heteroatoms. The number of nitriles is 1. The van der Waals surface area contributed by atoms with Crippen molar-refractivity contribution in [1.29, 1.82) is 5.26 Å². The van der Waals surface area contributed by atoms with Crippen LogP contribution >= 0.6 is 0 Å². The van der Waals surface area contributed by atoms with Gasteiger partial charge in [-0.05, 0) is 12.1 Å². The Morgan fingerprint density at radius 3 is 2.21 bits per heavy atom. The minimum atomic E-state index is -0.859. The molecule has 2 rings (SSSR count). The second-order valence-electron chi connectivity index (χ2n) is 3.95. The minimum absolute atomic E-state index is 0.234. The van der Waals surface area contributed by atoms with E-state index in [1.54, 1.807) is 24.3 Å². The van der Waals surface area contributed by atoms with Gasteiger partial charge in [-0.2, -0.15) is 5.26 Å². The fourth-order valence-corrected chi connectivity index (χ4v) is 1.62. The molecule has 19 heavy (non-hydrogen) atoms. The fraction of sp³-hybridized carbons (Fsp3) is 0.0625. The third kappa shape index (κ3) is 3.36. The van der Waals surface area contributed by atoms with Crippen molar-refractivity contribution in [3.8, 4) is 6.07 Å². The smallest absolute Gasteiger partial charge is 0.185 e. The van der Waals surface area contributed by atoms with Crippen molar-refractivity contribution < 1.29 is 4.79 Å². The number of carbonyl (C=O) groups excluding carboxylic acids is 1. The molecule has 0 aromatic heterocycles. The second kappa shape index (κ2) is 6.27. The molecule has 1 atom stereocenters. The van der Waals surface area contributed by atoms with Crippen LogP contribution in [0.2, 0.25) is 0 Å². The molecule has 0 amide bonds.